The second-order valence-corrected chi connectivity index (χ2v) is 9.39. The van der Waals surface area contributed by atoms with Crippen molar-refractivity contribution in [3.63, 3.8) is 0 Å². The predicted molar refractivity (Wildman–Crippen MR) is 118 cm³/mol. The smallest absolute Gasteiger partial charge is 0.187 e. The molecule has 4 rings (SSSR count). The van der Waals surface area contributed by atoms with Crippen LogP contribution in [0.2, 0.25) is 0 Å². The van der Waals surface area contributed by atoms with E-state index in [2.05, 4.69) is 0 Å². The van der Waals surface area contributed by atoms with Gasteiger partial charge in [-0.25, -0.2) is 0 Å². The fraction of sp³-hybridized carbons (Fsp3) is 0.739. The molecule has 0 aliphatic carbocycles. The molecule has 210 valence electrons. The first kappa shape index (κ1) is 28.7. The van der Waals surface area contributed by atoms with E-state index in [9.17, 15) is 40.9 Å². The van der Waals surface area contributed by atoms with Crippen molar-refractivity contribution in [2.24, 2.45) is 0 Å². The Balaban J connectivity index is 1.44. The summed E-state index contributed by atoms with van der Waals surface area (Å²) in [5.74, 6) is 0. The zero-order valence-corrected chi connectivity index (χ0v) is 19.8. The van der Waals surface area contributed by atoms with Crippen LogP contribution in [-0.2, 0) is 35.0 Å². The molecule has 12 atom stereocenters. The van der Waals surface area contributed by atoms with Crippen molar-refractivity contribution in [1.82, 2.24) is 0 Å². The van der Waals surface area contributed by atoms with Crippen LogP contribution < -0.4 is 0 Å². The highest BCUT2D eigenvalue weighted by Crippen LogP contribution is 2.32. The molecule has 14 heteroatoms. The maximum atomic E-state index is 10.9. The summed E-state index contributed by atoms with van der Waals surface area (Å²) in [6.07, 6.45) is -16.0. The van der Waals surface area contributed by atoms with Crippen molar-refractivity contribution in [1.29, 1.82) is 0 Å². The second-order valence-electron chi connectivity index (χ2n) is 9.39. The summed E-state index contributed by atoms with van der Waals surface area (Å²) in [5, 5.41) is 81.0. The van der Waals surface area contributed by atoms with Gasteiger partial charge in [0.25, 0.3) is 0 Å². The number of aliphatic hydroxyl groups is 8. The van der Waals surface area contributed by atoms with Crippen LogP contribution in [0.3, 0.4) is 0 Å². The minimum Gasteiger partial charge on any atom is -0.393 e. The number of aliphatic hydroxyl groups excluding tert-OH is 7. The maximum Gasteiger partial charge on any atom is 0.187 e. The number of hydrogen-bond acceptors (Lipinski definition) is 14. The second kappa shape index (κ2) is 12.2. The topological polar surface area (TPSA) is 217 Å². The van der Waals surface area contributed by atoms with Gasteiger partial charge in [-0.15, -0.1) is 0 Å². The van der Waals surface area contributed by atoms with Crippen LogP contribution >= 0.6 is 0 Å². The van der Waals surface area contributed by atoms with Crippen molar-refractivity contribution < 1.29 is 69.3 Å². The van der Waals surface area contributed by atoms with Gasteiger partial charge in [-0.05, 0) is 5.56 Å². The van der Waals surface area contributed by atoms with Crippen LogP contribution in [0.15, 0.2) is 30.3 Å². The van der Waals surface area contributed by atoms with Gasteiger partial charge in [0, 0.05) is 0 Å². The number of rotatable bonds is 9. The Morgan fingerprint density at radius 3 is 2.24 bits per heavy atom. The quantitative estimate of drug-likeness (QED) is 0.151. The first-order valence-corrected chi connectivity index (χ1v) is 11.9. The van der Waals surface area contributed by atoms with Crippen molar-refractivity contribution in [2.75, 3.05) is 26.4 Å². The van der Waals surface area contributed by atoms with Gasteiger partial charge in [0.15, 0.2) is 18.9 Å². The van der Waals surface area contributed by atoms with Crippen LogP contribution in [0.1, 0.15) is 5.56 Å². The molecule has 0 saturated carbocycles. The Kier molecular flexibility index (Phi) is 9.48. The van der Waals surface area contributed by atoms with Gasteiger partial charge < -0.3 is 69.3 Å². The van der Waals surface area contributed by atoms with E-state index < -0.39 is 93.1 Å². The Labute approximate surface area is 212 Å². The lowest BCUT2D eigenvalue weighted by atomic mass is 9.98. The van der Waals surface area contributed by atoms with E-state index in [-0.39, 0.29) is 13.2 Å². The maximum absolute atomic E-state index is 10.9. The summed E-state index contributed by atoms with van der Waals surface area (Å²) in [7, 11) is 0. The molecule has 3 aliphatic rings. The summed E-state index contributed by atoms with van der Waals surface area (Å²) >= 11 is 0. The molecule has 0 spiro atoms. The van der Waals surface area contributed by atoms with Gasteiger partial charge >= 0.3 is 0 Å². The lowest BCUT2D eigenvalue weighted by molar-refractivity contribution is -0.347. The molecule has 0 amide bonds. The van der Waals surface area contributed by atoms with E-state index in [4.69, 9.17) is 28.4 Å². The Bertz CT molecular complexity index is 844. The van der Waals surface area contributed by atoms with Gasteiger partial charge in [0.05, 0.1) is 33.0 Å². The molecule has 3 heterocycles. The molecule has 3 saturated heterocycles. The first-order valence-electron chi connectivity index (χ1n) is 11.9. The van der Waals surface area contributed by atoms with Crippen LogP contribution in [-0.4, -0.2) is 141 Å². The summed E-state index contributed by atoms with van der Waals surface area (Å²) in [5.41, 5.74) is -1.21. The third-order valence-corrected chi connectivity index (χ3v) is 6.65. The Hall–Kier alpha value is -1.34. The number of ether oxygens (including phenoxy) is 6. The van der Waals surface area contributed by atoms with Gasteiger partial charge in [-0.1, -0.05) is 30.3 Å². The molecule has 37 heavy (non-hydrogen) atoms. The van der Waals surface area contributed by atoms with Crippen molar-refractivity contribution in [2.45, 2.75) is 79.9 Å². The summed E-state index contributed by atoms with van der Waals surface area (Å²) in [6, 6.07) is 8.99. The largest absolute Gasteiger partial charge is 0.393 e. The van der Waals surface area contributed by atoms with Gasteiger partial charge in [0.2, 0.25) is 0 Å². The molecule has 14 nitrogen and oxygen atoms in total. The molecule has 3 aliphatic heterocycles. The van der Waals surface area contributed by atoms with Crippen molar-refractivity contribution in [3.8, 4) is 0 Å². The molecule has 8 N–H and O–H groups in total. The molecule has 1 aromatic rings. The molecule has 1 aromatic carbocycles. The molecule has 0 bridgehead atoms. The average Bonchev–Trinajstić information content (AvgIpc) is 3.19. The molecule has 0 unspecified atom stereocenters. The molecule has 0 aromatic heterocycles. The highest BCUT2D eigenvalue weighted by atomic mass is 16.8. The minimum atomic E-state index is -1.97. The van der Waals surface area contributed by atoms with Crippen LogP contribution in [0.25, 0.3) is 0 Å². The fourth-order valence-electron chi connectivity index (χ4n) is 4.25. The van der Waals surface area contributed by atoms with E-state index >= 15 is 0 Å². The first-order chi connectivity index (χ1) is 17.6. The summed E-state index contributed by atoms with van der Waals surface area (Å²) in [6.45, 7) is -1.91. The van der Waals surface area contributed by atoms with Crippen LogP contribution in [0, 0.1) is 0 Å². The third-order valence-electron chi connectivity index (χ3n) is 6.65. The Morgan fingerprint density at radius 2 is 1.57 bits per heavy atom. The van der Waals surface area contributed by atoms with Gasteiger partial charge in [-0.2, -0.15) is 0 Å². The normalized spacial score (nSPS) is 44.7. The average molecular weight is 535 g/mol. The Morgan fingerprint density at radius 1 is 0.838 bits per heavy atom. The van der Waals surface area contributed by atoms with E-state index in [0.29, 0.717) is 0 Å². The van der Waals surface area contributed by atoms with Crippen LogP contribution in [0.4, 0.5) is 0 Å². The molecule has 0 radical (unpaired) electrons. The minimum absolute atomic E-state index is 0.0188. The molecular weight excluding hydrogens is 500 g/mol. The zero-order valence-electron chi connectivity index (χ0n) is 19.8. The highest BCUT2D eigenvalue weighted by molar-refractivity contribution is 5.13. The van der Waals surface area contributed by atoms with Crippen molar-refractivity contribution >= 4 is 0 Å². The summed E-state index contributed by atoms with van der Waals surface area (Å²) < 4.78 is 33.2. The van der Waals surface area contributed by atoms with E-state index in [0.717, 1.165) is 5.56 Å². The van der Waals surface area contributed by atoms with Crippen LogP contribution in [0.5, 0.6) is 0 Å². The van der Waals surface area contributed by atoms with E-state index in [1.165, 1.54) is 0 Å². The SMILES string of the molecule is OC[C@@]1(O)CO[C@@H](O[C@H]2[C@H](OCc3ccccc3)O[C@H](CO[C@@H]3OC[C@@H](O)[C@H](O)[C@H]3O)[C@@H](O)[C@@H]2O)[C@@H]1O. The lowest BCUT2D eigenvalue weighted by Crippen LogP contribution is -2.62. The molecular formula is C23H34O14. The third kappa shape index (κ3) is 6.29. The van der Waals surface area contributed by atoms with Gasteiger partial charge in [-0.3, -0.25) is 0 Å². The monoisotopic (exact) mass is 534 g/mol. The predicted octanol–water partition coefficient (Wildman–Crippen LogP) is -4.07. The lowest BCUT2D eigenvalue weighted by Gasteiger charge is -2.43. The van der Waals surface area contributed by atoms with E-state index in [1.807, 2.05) is 6.07 Å². The van der Waals surface area contributed by atoms with E-state index in [1.54, 1.807) is 24.3 Å². The number of benzene rings is 1. The van der Waals surface area contributed by atoms with Gasteiger partial charge in [0.1, 0.15) is 54.4 Å². The fourth-order valence-corrected chi connectivity index (χ4v) is 4.25. The standard InChI is InChI=1S/C23H34O14/c24-9-23(31)10-35-22(19(23)30)37-18-16(28)15(27)13(8-34-20-17(29)14(26)12(25)7-33-20)36-21(18)32-6-11-4-2-1-3-5-11/h1-5,12-22,24-31H,6-10H2/t12-,13-,14+,15-,16+,17-,18-,19+,20+,21-,22+,23-/m1/s1. The zero-order chi connectivity index (χ0) is 26.7. The highest BCUT2D eigenvalue weighted by Gasteiger charge is 2.53. The number of hydrogen-bond donors (Lipinski definition) is 8. The van der Waals surface area contributed by atoms with Crippen molar-refractivity contribution in [3.05, 3.63) is 35.9 Å². The summed E-state index contributed by atoms with van der Waals surface area (Å²) in [4.78, 5) is 0. The molecule has 3 fully saturated rings.